The quantitative estimate of drug-likeness (QED) is 0.872. The van der Waals surface area contributed by atoms with Crippen molar-refractivity contribution in [2.75, 3.05) is 18.9 Å². The summed E-state index contributed by atoms with van der Waals surface area (Å²) in [5, 5.41) is 3.88. The van der Waals surface area contributed by atoms with Crippen LogP contribution in [0.1, 0.15) is 23.2 Å². The first-order valence-electron chi connectivity index (χ1n) is 6.78. The molecule has 0 saturated carbocycles. The van der Waals surface area contributed by atoms with Gasteiger partial charge in [0.2, 0.25) is 0 Å². The number of pyridine rings is 1. The molecule has 1 aromatic heterocycles. The van der Waals surface area contributed by atoms with E-state index in [2.05, 4.69) is 10.3 Å². The summed E-state index contributed by atoms with van der Waals surface area (Å²) in [5.41, 5.74) is 7.11. The molecule has 20 heavy (non-hydrogen) atoms. The van der Waals surface area contributed by atoms with E-state index in [0.717, 1.165) is 23.7 Å². The Hall–Kier alpha value is -2.14. The average Bonchev–Trinajstić information content (AvgIpc) is 2.47. The molecule has 2 aromatic rings. The summed E-state index contributed by atoms with van der Waals surface area (Å²) in [6.45, 7) is 1.40. The third-order valence-corrected chi connectivity index (χ3v) is 3.54. The van der Waals surface area contributed by atoms with E-state index in [1.54, 1.807) is 6.07 Å². The Labute approximate surface area is 117 Å². The molecule has 2 heterocycles. The fourth-order valence-corrected chi connectivity index (χ4v) is 2.49. The topological polar surface area (TPSA) is 77.2 Å². The Bertz CT molecular complexity index is 636. The molecule has 3 rings (SSSR count). The van der Waals surface area contributed by atoms with Gasteiger partial charge < -0.3 is 15.8 Å². The third kappa shape index (κ3) is 2.58. The van der Waals surface area contributed by atoms with Crippen LogP contribution in [0.3, 0.4) is 0 Å². The van der Waals surface area contributed by atoms with Crippen molar-refractivity contribution >= 4 is 22.6 Å². The van der Waals surface area contributed by atoms with Gasteiger partial charge in [-0.1, -0.05) is 18.2 Å². The van der Waals surface area contributed by atoms with Crippen LogP contribution in [-0.4, -0.2) is 30.1 Å². The number of nitrogen functional groups attached to an aromatic ring is 1. The minimum atomic E-state index is -0.0952. The van der Waals surface area contributed by atoms with Crippen LogP contribution in [0.4, 0.5) is 5.82 Å². The highest BCUT2D eigenvalue weighted by Crippen LogP contribution is 2.20. The van der Waals surface area contributed by atoms with Crippen LogP contribution in [0.15, 0.2) is 30.3 Å². The highest BCUT2D eigenvalue weighted by molar-refractivity contribution is 6.06. The second-order valence-electron chi connectivity index (χ2n) is 4.97. The SMILES string of the molecule is Nc1cc(C(=O)NC2CCOCC2)c2ccccc2n1. The largest absolute Gasteiger partial charge is 0.384 e. The van der Waals surface area contributed by atoms with Gasteiger partial charge >= 0.3 is 0 Å². The highest BCUT2D eigenvalue weighted by atomic mass is 16.5. The molecule has 1 aromatic carbocycles. The summed E-state index contributed by atoms with van der Waals surface area (Å²) >= 11 is 0. The van der Waals surface area contributed by atoms with Crippen LogP contribution in [0.25, 0.3) is 10.9 Å². The number of fused-ring (bicyclic) bond motifs is 1. The molecule has 0 bridgehead atoms. The number of hydrogen-bond donors (Lipinski definition) is 2. The van der Waals surface area contributed by atoms with Crippen molar-refractivity contribution in [1.29, 1.82) is 0 Å². The molecule has 5 nitrogen and oxygen atoms in total. The maximum Gasteiger partial charge on any atom is 0.252 e. The number of para-hydroxylation sites is 1. The van der Waals surface area contributed by atoms with E-state index in [1.165, 1.54) is 0 Å². The minimum Gasteiger partial charge on any atom is -0.384 e. The van der Waals surface area contributed by atoms with Crippen LogP contribution < -0.4 is 11.1 Å². The lowest BCUT2D eigenvalue weighted by Crippen LogP contribution is -2.39. The van der Waals surface area contributed by atoms with Gasteiger partial charge in [0.1, 0.15) is 5.82 Å². The van der Waals surface area contributed by atoms with Crippen molar-refractivity contribution < 1.29 is 9.53 Å². The zero-order valence-corrected chi connectivity index (χ0v) is 11.1. The monoisotopic (exact) mass is 271 g/mol. The number of benzene rings is 1. The van der Waals surface area contributed by atoms with Crippen molar-refractivity contribution in [3.05, 3.63) is 35.9 Å². The Morgan fingerprint density at radius 3 is 2.85 bits per heavy atom. The molecule has 0 atom stereocenters. The van der Waals surface area contributed by atoms with Gasteiger partial charge in [-0.3, -0.25) is 4.79 Å². The number of nitrogens with one attached hydrogen (secondary N) is 1. The molecule has 0 radical (unpaired) electrons. The van der Waals surface area contributed by atoms with Gasteiger partial charge in [-0.2, -0.15) is 0 Å². The molecule has 0 spiro atoms. The number of carbonyl (C=O) groups excluding carboxylic acids is 1. The number of nitrogens with zero attached hydrogens (tertiary/aromatic N) is 1. The molecule has 3 N–H and O–H groups in total. The summed E-state index contributed by atoms with van der Waals surface area (Å²) in [6.07, 6.45) is 1.70. The van der Waals surface area contributed by atoms with Crippen LogP contribution in [-0.2, 0) is 4.74 Å². The molecule has 0 unspecified atom stereocenters. The maximum atomic E-state index is 12.4. The van der Waals surface area contributed by atoms with E-state index < -0.39 is 0 Å². The average molecular weight is 271 g/mol. The molecule has 104 valence electrons. The Balaban J connectivity index is 1.90. The zero-order valence-electron chi connectivity index (χ0n) is 11.1. The molecular weight excluding hydrogens is 254 g/mol. The van der Waals surface area contributed by atoms with Gasteiger partial charge in [0.25, 0.3) is 5.91 Å². The van der Waals surface area contributed by atoms with E-state index in [1.807, 2.05) is 24.3 Å². The highest BCUT2D eigenvalue weighted by Gasteiger charge is 2.18. The summed E-state index contributed by atoms with van der Waals surface area (Å²) in [7, 11) is 0. The van der Waals surface area contributed by atoms with Crippen molar-refractivity contribution in [3.63, 3.8) is 0 Å². The van der Waals surface area contributed by atoms with E-state index in [4.69, 9.17) is 10.5 Å². The van der Waals surface area contributed by atoms with Crippen molar-refractivity contribution in [2.45, 2.75) is 18.9 Å². The first-order chi connectivity index (χ1) is 9.74. The van der Waals surface area contributed by atoms with Crippen LogP contribution in [0, 0.1) is 0 Å². The molecule has 1 aliphatic rings. The van der Waals surface area contributed by atoms with Gasteiger partial charge in [-0.05, 0) is 25.0 Å². The van der Waals surface area contributed by atoms with Gasteiger partial charge in [-0.25, -0.2) is 4.98 Å². The van der Waals surface area contributed by atoms with E-state index in [9.17, 15) is 4.79 Å². The van der Waals surface area contributed by atoms with Crippen molar-refractivity contribution in [3.8, 4) is 0 Å². The van der Waals surface area contributed by atoms with Crippen molar-refractivity contribution in [1.82, 2.24) is 10.3 Å². The molecule has 1 fully saturated rings. The molecule has 5 heteroatoms. The van der Waals surface area contributed by atoms with E-state index in [0.29, 0.717) is 24.6 Å². The van der Waals surface area contributed by atoms with Crippen LogP contribution in [0.2, 0.25) is 0 Å². The fraction of sp³-hybridized carbons (Fsp3) is 0.333. The number of nitrogens with two attached hydrogens (primary N) is 1. The minimum absolute atomic E-state index is 0.0952. The van der Waals surface area contributed by atoms with Crippen LogP contribution >= 0.6 is 0 Å². The number of anilines is 1. The molecular formula is C15H17N3O2. The second-order valence-corrected chi connectivity index (χ2v) is 4.97. The number of hydrogen-bond acceptors (Lipinski definition) is 4. The predicted molar refractivity (Wildman–Crippen MR) is 77.5 cm³/mol. The Morgan fingerprint density at radius 1 is 1.30 bits per heavy atom. The van der Waals surface area contributed by atoms with E-state index >= 15 is 0 Å². The molecule has 1 aliphatic heterocycles. The first-order valence-corrected chi connectivity index (χ1v) is 6.78. The first kappa shape index (κ1) is 12.9. The molecule has 0 aliphatic carbocycles. The third-order valence-electron chi connectivity index (χ3n) is 3.54. The predicted octanol–water partition coefficient (Wildman–Crippen LogP) is 1.73. The normalized spacial score (nSPS) is 16.2. The lowest BCUT2D eigenvalue weighted by atomic mass is 10.1. The standard InChI is InChI=1S/C15H17N3O2/c16-14-9-12(11-3-1-2-4-13(11)18-14)15(19)17-10-5-7-20-8-6-10/h1-4,9-10H,5-8H2,(H2,16,18)(H,17,19). The smallest absolute Gasteiger partial charge is 0.252 e. The van der Waals surface area contributed by atoms with Gasteiger partial charge in [0.15, 0.2) is 0 Å². The molecule has 1 saturated heterocycles. The lowest BCUT2D eigenvalue weighted by molar-refractivity contribution is 0.0697. The summed E-state index contributed by atoms with van der Waals surface area (Å²) in [5.74, 6) is 0.267. The molecule has 1 amide bonds. The van der Waals surface area contributed by atoms with Crippen LogP contribution in [0.5, 0.6) is 0 Å². The Kier molecular flexibility index (Phi) is 3.52. The number of carbonyl (C=O) groups is 1. The van der Waals surface area contributed by atoms with Crippen molar-refractivity contribution in [2.24, 2.45) is 0 Å². The fourth-order valence-electron chi connectivity index (χ4n) is 2.49. The summed E-state index contributed by atoms with van der Waals surface area (Å²) in [4.78, 5) is 16.7. The number of ether oxygens (including phenoxy) is 1. The van der Waals surface area contributed by atoms with Gasteiger partial charge in [0.05, 0.1) is 11.1 Å². The van der Waals surface area contributed by atoms with Gasteiger partial charge in [-0.15, -0.1) is 0 Å². The lowest BCUT2D eigenvalue weighted by Gasteiger charge is -2.23. The van der Waals surface area contributed by atoms with E-state index in [-0.39, 0.29) is 11.9 Å². The Morgan fingerprint density at radius 2 is 2.05 bits per heavy atom. The number of amides is 1. The second kappa shape index (κ2) is 5.46. The number of rotatable bonds is 2. The summed E-state index contributed by atoms with van der Waals surface area (Å²) in [6, 6.07) is 9.33. The van der Waals surface area contributed by atoms with Gasteiger partial charge in [0, 0.05) is 24.6 Å². The maximum absolute atomic E-state index is 12.4. The number of aromatic nitrogens is 1. The zero-order chi connectivity index (χ0) is 13.9. The summed E-state index contributed by atoms with van der Waals surface area (Å²) < 4.78 is 5.30.